The van der Waals surface area contributed by atoms with Crippen LogP contribution >= 0.6 is 11.3 Å². The van der Waals surface area contributed by atoms with E-state index in [0.717, 1.165) is 0 Å². The number of carboxylic acid groups (broad SMARTS) is 1. The third-order valence-corrected chi connectivity index (χ3v) is 3.12. The van der Waals surface area contributed by atoms with Crippen LogP contribution in [-0.2, 0) is 4.79 Å². The first-order valence-corrected chi connectivity index (χ1v) is 5.99. The Morgan fingerprint density at radius 2 is 2.18 bits per heavy atom. The molecular formula is C11H15NO4S. The maximum Gasteiger partial charge on any atom is 0.323 e. The number of amides is 1. The van der Waals surface area contributed by atoms with Gasteiger partial charge in [0.1, 0.15) is 17.2 Å². The number of carbonyl (C=O) groups is 2. The van der Waals surface area contributed by atoms with Crippen LogP contribution < -0.4 is 4.74 Å². The number of aliphatic carboxylic acids is 1. The van der Waals surface area contributed by atoms with Crippen LogP contribution in [0, 0.1) is 0 Å². The van der Waals surface area contributed by atoms with Crippen LogP contribution in [-0.4, -0.2) is 41.6 Å². The van der Waals surface area contributed by atoms with Gasteiger partial charge in [-0.3, -0.25) is 9.59 Å². The molecule has 0 saturated heterocycles. The molecule has 0 aliphatic heterocycles. The highest BCUT2D eigenvalue weighted by Crippen LogP contribution is 2.26. The van der Waals surface area contributed by atoms with Crippen molar-refractivity contribution in [2.45, 2.75) is 19.9 Å². The van der Waals surface area contributed by atoms with Gasteiger partial charge in [0.05, 0.1) is 7.11 Å². The summed E-state index contributed by atoms with van der Waals surface area (Å²) in [5.74, 6) is -0.854. The number of thiophene rings is 1. The van der Waals surface area contributed by atoms with Crippen molar-refractivity contribution in [3.05, 3.63) is 16.3 Å². The summed E-state index contributed by atoms with van der Waals surface area (Å²) in [7, 11) is 1.48. The van der Waals surface area contributed by atoms with E-state index < -0.39 is 5.97 Å². The topological polar surface area (TPSA) is 66.8 Å². The zero-order valence-corrected chi connectivity index (χ0v) is 10.8. The average Bonchev–Trinajstić information content (AvgIpc) is 2.72. The summed E-state index contributed by atoms with van der Waals surface area (Å²) in [4.78, 5) is 24.6. The van der Waals surface area contributed by atoms with Gasteiger partial charge in [-0.2, -0.15) is 0 Å². The number of methoxy groups -OCH3 is 1. The van der Waals surface area contributed by atoms with Gasteiger partial charge in [-0.15, -0.1) is 11.3 Å². The smallest absolute Gasteiger partial charge is 0.323 e. The van der Waals surface area contributed by atoms with E-state index in [1.807, 2.05) is 0 Å². The summed E-state index contributed by atoms with van der Waals surface area (Å²) >= 11 is 1.25. The fourth-order valence-corrected chi connectivity index (χ4v) is 2.19. The predicted octanol–water partition coefficient (Wildman–Crippen LogP) is 1.69. The van der Waals surface area contributed by atoms with Gasteiger partial charge in [-0.05, 0) is 25.3 Å². The number of nitrogens with zero attached hydrogens (tertiary/aromatic N) is 1. The Morgan fingerprint density at radius 1 is 1.53 bits per heavy atom. The number of hydrogen-bond acceptors (Lipinski definition) is 4. The van der Waals surface area contributed by atoms with Crippen molar-refractivity contribution in [3.63, 3.8) is 0 Å². The Balaban J connectivity index is 2.95. The SMILES string of the molecule is COc1ccsc1C(=O)N(CC(=O)O)C(C)C. The second-order valence-corrected chi connectivity index (χ2v) is 4.65. The predicted molar refractivity (Wildman–Crippen MR) is 64.7 cm³/mol. The van der Waals surface area contributed by atoms with Crippen molar-refractivity contribution in [3.8, 4) is 5.75 Å². The molecule has 0 aliphatic carbocycles. The first kappa shape index (κ1) is 13.5. The van der Waals surface area contributed by atoms with Gasteiger partial charge in [-0.1, -0.05) is 0 Å². The van der Waals surface area contributed by atoms with Gasteiger partial charge in [0, 0.05) is 6.04 Å². The molecule has 94 valence electrons. The maximum absolute atomic E-state index is 12.2. The Morgan fingerprint density at radius 3 is 2.65 bits per heavy atom. The van der Waals surface area contributed by atoms with Gasteiger partial charge in [0.15, 0.2) is 0 Å². The molecule has 1 N–H and O–H groups in total. The van der Waals surface area contributed by atoms with Crippen LogP contribution in [0.4, 0.5) is 0 Å². The largest absolute Gasteiger partial charge is 0.495 e. The zero-order chi connectivity index (χ0) is 13.0. The zero-order valence-electron chi connectivity index (χ0n) is 9.97. The van der Waals surface area contributed by atoms with Crippen molar-refractivity contribution in [2.24, 2.45) is 0 Å². The van der Waals surface area contributed by atoms with E-state index in [2.05, 4.69) is 0 Å². The van der Waals surface area contributed by atoms with Crippen molar-refractivity contribution >= 4 is 23.2 Å². The normalized spacial score (nSPS) is 10.4. The molecule has 0 unspecified atom stereocenters. The summed E-state index contributed by atoms with van der Waals surface area (Å²) < 4.78 is 5.06. The lowest BCUT2D eigenvalue weighted by Crippen LogP contribution is -2.40. The number of carboxylic acids is 1. The number of carbonyl (C=O) groups excluding carboxylic acids is 1. The average molecular weight is 257 g/mol. The van der Waals surface area contributed by atoms with Gasteiger partial charge in [-0.25, -0.2) is 0 Å². The molecule has 0 aliphatic rings. The monoisotopic (exact) mass is 257 g/mol. The number of ether oxygens (including phenoxy) is 1. The molecule has 6 heteroatoms. The maximum atomic E-state index is 12.2. The molecule has 0 radical (unpaired) electrons. The second-order valence-electron chi connectivity index (χ2n) is 3.74. The third kappa shape index (κ3) is 3.20. The molecular weight excluding hydrogens is 242 g/mol. The Hall–Kier alpha value is -1.56. The van der Waals surface area contributed by atoms with E-state index >= 15 is 0 Å². The summed E-state index contributed by atoms with van der Waals surface area (Å²) in [6, 6.07) is 1.52. The van der Waals surface area contributed by atoms with E-state index in [1.54, 1.807) is 25.3 Å². The molecule has 1 aromatic heterocycles. The molecule has 0 atom stereocenters. The summed E-state index contributed by atoms with van der Waals surface area (Å²) in [6.07, 6.45) is 0. The molecule has 0 bridgehead atoms. The fourth-order valence-electron chi connectivity index (χ4n) is 1.38. The molecule has 0 saturated carbocycles. The van der Waals surface area contributed by atoms with Crippen molar-refractivity contribution < 1.29 is 19.4 Å². The highest BCUT2D eigenvalue weighted by atomic mass is 32.1. The Bertz CT molecular complexity index is 413. The summed E-state index contributed by atoms with van der Waals surface area (Å²) in [6.45, 7) is 3.25. The van der Waals surface area contributed by atoms with Crippen LogP contribution in [0.15, 0.2) is 11.4 Å². The summed E-state index contributed by atoms with van der Waals surface area (Å²) in [5.41, 5.74) is 0. The molecule has 1 amide bonds. The molecule has 0 fully saturated rings. The van der Waals surface area contributed by atoms with E-state index in [4.69, 9.17) is 9.84 Å². The van der Waals surface area contributed by atoms with Crippen LogP contribution in [0.1, 0.15) is 23.5 Å². The molecule has 0 aromatic carbocycles. The highest BCUT2D eigenvalue weighted by Gasteiger charge is 2.24. The van der Waals surface area contributed by atoms with Gasteiger partial charge < -0.3 is 14.7 Å². The van der Waals surface area contributed by atoms with Crippen LogP contribution in [0.5, 0.6) is 5.75 Å². The lowest BCUT2D eigenvalue weighted by atomic mass is 10.2. The van der Waals surface area contributed by atoms with Crippen molar-refractivity contribution in [1.82, 2.24) is 4.90 Å². The van der Waals surface area contributed by atoms with Crippen molar-refractivity contribution in [2.75, 3.05) is 13.7 Å². The standard InChI is InChI=1S/C11H15NO4S/c1-7(2)12(6-9(13)14)11(15)10-8(16-3)4-5-17-10/h4-5,7H,6H2,1-3H3,(H,13,14). The minimum Gasteiger partial charge on any atom is -0.495 e. The highest BCUT2D eigenvalue weighted by molar-refractivity contribution is 7.12. The van der Waals surface area contributed by atoms with Crippen LogP contribution in [0.3, 0.4) is 0 Å². The van der Waals surface area contributed by atoms with E-state index in [0.29, 0.717) is 10.6 Å². The van der Waals surface area contributed by atoms with E-state index in [9.17, 15) is 9.59 Å². The van der Waals surface area contributed by atoms with E-state index in [-0.39, 0.29) is 18.5 Å². The third-order valence-electron chi connectivity index (χ3n) is 2.23. The lowest BCUT2D eigenvalue weighted by Gasteiger charge is -2.24. The first-order valence-electron chi connectivity index (χ1n) is 5.11. The van der Waals surface area contributed by atoms with Gasteiger partial charge in [0.25, 0.3) is 5.91 Å². The Kier molecular flexibility index (Phi) is 4.51. The second kappa shape index (κ2) is 5.67. The lowest BCUT2D eigenvalue weighted by molar-refractivity contribution is -0.138. The quantitative estimate of drug-likeness (QED) is 0.871. The van der Waals surface area contributed by atoms with Crippen LogP contribution in [0.25, 0.3) is 0 Å². The number of hydrogen-bond donors (Lipinski definition) is 1. The molecule has 17 heavy (non-hydrogen) atoms. The van der Waals surface area contributed by atoms with Crippen LogP contribution in [0.2, 0.25) is 0 Å². The molecule has 0 spiro atoms. The Labute approximate surface area is 104 Å². The minimum absolute atomic E-state index is 0.176. The molecule has 1 aromatic rings. The van der Waals surface area contributed by atoms with Gasteiger partial charge in [0.2, 0.25) is 0 Å². The van der Waals surface area contributed by atoms with E-state index in [1.165, 1.54) is 23.3 Å². The molecule has 1 rings (SSSR count). The fraction of sp³-hybridized carbons (Fsp3) is 0.455. The van der Waals surface area contributed by atoms with Crippen molar-refractivity contribution in [1.29, 1.82) is 0 Å². The first-order chi connectivity index (χ1) is 7.97. The molecule has 1 heterocycles. The number of rotatable bonds is 5. The minimum atomic E-state index is -1.03. The molecule has 5 nitrogen and oxygen atoms in total. The summed E-state index contributed by atoms with van der Waals surface area (Å²) in [5, 5.41) is 10.5. The van der Waals surface area contributed by atoms with Gasteiger partial charge >= 0.3 is 5.97 Å².